The molecule has 2 unspecified atom stereocenters. The van der Waals surface area contributed by atoms with Crippen molar-refractivity contribution >= 4 is 0 Å². The molecule has 2 rings (SSSR count). The van der Waals surface area contributed by atoms with E-state index < -0.39 is 0 Å². The Bertz CT molecular complexity index is 563. The van der Waals surface area contributed by atoms with Gasteiger partial charge in [0.1, 0.15) is 0 Å². The Kier molecular flexibility index (Phi) is 5.19. The van der Waals surface area contributed by atoms with Gasteiger partial charge in [0.25, 0.3) is 0 Å². The summed E-state index contributed by atoms with van der Waals surface area (Å²) >= 11 is 0. The zero-order valence-corrected chi connectivity index (χ0v) is 13.9. The van der Waals surface area contributed by atoms with Crippen LogP contribution >= 0.6 is 0 Å². The number of likely N-dealkylation sites (N-methyl/N-ethyl adjacent to an activating group) is 1. The van der Waals surface area contributed by atoms with Crippen LogP contribution in [0.5, 0.6) is 0 Å². The fourth-order valence-electron chi connectivity index (χ4n) is 3.59. The zero-order valence-electron chi connectivity index (χ0n) is 13.9. The minimum absolute atomic E-state index is 0.359. The predicted molar refractivity (Wildman–Crippen MR) is 91.9 cm³/mol. The molecule has 2 atom stereocenters. The molecular weight excluding hydrogens is 254 g/mol. The molecule has 2 aromatic rings. The van der Waals surface area contributed by atoms with Crippen LogP contribution in [-0.2, 0) is 0 Å². The van der Waals surface area contributed by atoms with Gasteiger partial charge in [-0.25, -0.2) is 0 Å². The van der Waals surface area contributed by atoms with Gasteiger partial charge in [-0.1, -0.05) is 55.0 Å². The molecule has 0 aromatic heterocycles. The lowest BCUT2D eigenvalue weighted by molar-refractivity contribution is 0.464. The number of hydrogen-bond donors (Lipinski definition) is 1. The summed E-state index contributed by atoms with van der Waals surface area (Å²) in [5.74, 6) is 0.497. The van der Waals surface area contributed by atoms with Crippen molar-refractivity contribution in [3.63, 3.8) is 0 Å². The molecule has 0 saturated heterocycles. The first-order chi connectivity index (χ1) is 10.1. The summed E-state index contributed by atoms with van der Waals surface area (Å²) < 4.78 is 0. The SMILES string of the molecule is CCC(c1ccccc1)C(NC)c1c(C)cc(C)cc1C. The molecule has 0 aliphatic carbocycles. The van der Waals surface area contributed by atoms with Crippen molar-refractivity contribution in [3.8, 4) is 0 Å². The Morgan fingerprint density at radius 2 is 1.52 bits per heavy atom. The summed E-state index contributed by atoms with van der Waals surface area (Å²) in [5, 5.41) is 3.57. The Hall–Kier alpha value is -1.60. The van der Waals surface area contributed by atoms with E-state index in [1.807, 2.05) is 0 Å². The molecule has 0 saturated carbocycles. The first kappa shape index (κ1) is 15.8. The van der Waals surface area contributed by atoms with Crippen LogP contribution in [0.15, 0.2) is 42.5 Å². The van der Waals surface area contributed by atoms with Crippen LogP contribution in [0.2, 0.25) is 0 Å². The molecule has 0 heterocycles. The lowest BCUT2D eigenvalue weighted by Gasteiger charge is -2.30. The van der Waals surface area contributed by atoms with Crippen molar-refractivity contribution in [1.29, 1.82) is 0 Å². The number of aryl methyl sites for hydroxylation is 3. The lowest BCUT2D eigenvalue weighted by Crippen LogP contribution is -2.25. The lowest BCUT2D eigenvalue weighted by atomic mass is 9.81. The normalized spacial score (nSPS) is 14.0. The highest BCUT2D eigenvalue weighted by molar-refractivity contribution is 5.41. The van der Waals surface area contributed by atoms with Gasteiger partial charge in [0.05, 0.1) is 0 Å². The minimum atomic E-state index is 0.359. The van der Waals surface area contributed by atoms with Gasteiger partial charge in [0.2, 0.25) is 0 Å². The van der Waals surface area contributed by atoms with Crippen LogP contribution in [0.4, 0.5) is 0 Å². The molecule has 1 heteroatoms. The van der Waals surface area contributed by atoms with Gasteiger partial charge < -0.3 is 5.32 Å². The molecule has 0 aliphatic rings. The molecule has 21 heavy (non-hydrogen) atoms. The molecule has 0 bridgehead atoms. The second kappa shape index (κ2) is 6.91. The predicted octanol–water partition coefficient (Wildman–Crippen LogP) is 5.07. The second-order valence-electron chi connectivity index (χ2n) is 6.00. The van der Waals surface area contributed by atoms with E-state index in [4.69, 9.17) is 0 Å². The molecular formula is C20H27N. The van der Waals surface area contributed by atoms with E-state index in [9.17, 15) is 0 Å². The van der Waals surface area contributed by atoms with Crippen molar-refractivity contribution in [1.82, 2.24) is 5.32 Å². The monoisotopic (exact) mass is 281 g/mol. The maximum Gasteiger partial charge on any atom is 0.0392 e. The minimum Gasteiger partial charge on any atom is -0.312 e. The first-order valence-electron chi connectivity index (χ1n) is 7.88. The number of rotatable bonds is 5. The van der Waals surface area contributed by atoms with Crippen molar-refractivity contribution in [3.05, 3.63) is 70.3 Å². The van der Waals surface area contributed by atoms with Crippen LogP contribution < -0.4 is 5.32 Å². The van der Waals surface area contributed by atoms with Crippen LogP contribution in [-0.4, -0.2) is 7.05 Å². The van der Waals surface area contributed by atoms with Gasteiger partial charge in [0.15, 0.2) is 0 Å². The summed E-state index contributed by atoms with van der Waals surface area (Å²) in [7, 11) is 2.08. The Morgan fingerprint density at radius 3 is 2.00 bits per heavy atom. The summed E-state index contributed by atoms with van der Waals surface area (Å²) in [5.41, 5.74) is 7.00. The fourth-order valence-corrected chi connectivity index (χ4v) is 3.59. The highest BCUT2D eigenvalue weighted by Crippen LogP contribution is 2.36. The molecule has 0 spiro atoms. The largest absolute Gasteiger partial charge is 0.312 e. The Balaban J connectivity index is 2.48. The van der Waals surface area contributed by atoms with Gasteiger partial charge >= 0.3 is 0 Å². The Morgan fingerprint density at radius 1 is 0.952 bits per heavy atom. The van der Waals surface area contributed by atoms with Crippen molar-refractivity contribution in [2.45, 2.75) is 46.1 Å². The molecule has 0 fully saturated rings. The van der Waals surface area contributed by atoms with Gasteiger partial charge in [-0.05, 0) is 56.5 Å². The maximum atomic E-state index is 3.57. The van der Waals surface area contributed by atoms with E-state index in [-0.39, 0.29) is 0 Å². The van der Waals surface area contributed by atoms with E-state index in [1.54, 1.807) is 0 Å². The van der Waals surface area contributed by atoms with Crippen LogP contribution in [0.1, 0.15) is 53.1 Å². The average molecular weight is 281 g/mol. The highest BCUT2D eigenvalue weighted by atomic mass is 14.9. The number of hydrogen-bond acceptors (Lipinski definition) is 1. The highest BCUT2D eigenvalue weighted by Gasteiger charge is 2.24. The second-order valence-corrected chi connectivity index (χ2v) is 6.00. The Labute approximate surface area is 129 Å². The first-order valence-corrected chi connectivity index (χ1v) is 7.88. The van der Waals surface area contributed by atoms with Gasteiger partial charge in [-0.2, -0.15) is 0 Å². The van der Waals surface area contributed by atoms with Crippen molar-refractivity contribution < 1.29 is 0 Å². The van der Waals surface area contributed by atoms with Gasteiger partial charge in [-0.3, -0.25) is 0 Å². The topological polar surface area (TPSA) is 12.0 Å². The molecule has 0 amide bonds. The summed E-state index contributed by atoms with van der Waals surface area (Å²) in [6.45, 7) is 8.92. The van der Waals surface area contributed by atoms with Crippen molar-refractivity contribution in [2.75, 3.05) is 7.05 Å². The van der Waals surface area contributed by atoms with Crippen molar-refractivity contribution in [2.24, 2.45) is 0 Å². The standard InChI is InChI=1S/C20H27N/c1-6-18(17-10-8-7-9-11-17)20(21-5)19-15(3)12-14(2)13-16(19)4/h7-13,18,20-21H,6H2,1-5H3. The summed E-state index contributed by atoms with van der Waals surface area (Å²) in [6, 6.07) is 15.8. The maximum absolute atomic E-state index is 3.57. The van der Waals surface area contributed by atoms with Gasteiger partial charge in [-0.15, -0.1) is 0 Å². The smallest absolute Gasteiger partial charge is 0.0392 e. The molecule has 112 valence electrons. The third-order valence-electron chi connectivity index (χ3n) is 4.43. The molecule has 1 N–H and O–H groups in total. The molecule has 2 aromatic carbocycles. The van der Waals surface area contributed by atoms with Crippen LogP contribution in [0.3, 0.4) is 0 Å². The van der Waals surface area contributed by atoms with E-state index >= 15 is 0 Å². The van der Waals surface area contributed by atoms with Crippen LogP contribution in [0.25, 0.3) is 0 Å². The fraction of sp³-hybridized carbons (Fsp3) is 0.400. The van der Waals surface area contributed by atoms with E-state index in [0.717, 1.165) is 6.42 Å². The third-order valence-corrected chi connectivity index (χ3v) is 4.43. The molecule has 1 nitrogen and oxygen atoms in total. The zero-order chi connectivity index (χ0) is 15.4. The van der Waals surface area contributed by atoms with Crippen LogP contribution in [0, 0.1) is 20.8 Å². The van der Waals surface area contributed by atoms with Gasteiger partial charge in [0, 0.05) is 12.0 Å². The number of nitrogens with one attached hydrogen (secondary N) is 1. The van der Waals surface area contributed by atoms with E-state index in [0.29, 0.717) is 12.0 Å². The summed E-state index contributed by atoms with van der Waals surface area (Å²) in [4.78, 5) is 0. The third kappa shape index (κ3) is 3.36. The molecule has 0 radical (unpaired) electrons. The van der Waals surface area contributed by atoms with E-state index in [2.05, 4.69) is 82.5 Å². The average Bonchev–Trinajstić information content (AvgIpc) is 2.46. The quantitative estimate of drug-likeness (QED) is 0.807. The van der Waals surface area contributed by atoms with E-state index in [1.165, 1.54) is 27.8 Å². The molecule has 0 aliphatic heterocycles. The summed E-state index contributed by atoms with van der Waals surface area (Å²) in [6.07, 6.45) is 1.13. The number of benzene rings is 2.